The molecule has 0 saturated heterocycles. The zero-order chi connectivity index (χ0) is 13.5. The Hall–Kier alpha value is -1.35. The van der Waals surface area contributed by atoms with Crippen LogP contribution in [0.5, 0.6) is 5.75 Å². The maximum Gasteiger partial charge on any atom is 0.127 e. The summed E-state index contributed by atoms with van der Waals surface area (Å²) in [6, 6.07) is 4.79. The van der Waals surface area contributed by atoms with Crippen LogP contribution in [0.25, 0.3) is 6.08 Å². The van der Waals surface area contributed by atoms with Gasteiger partial charge in [0, 0.05) is 12.6 Å². The number of hydrogen-bond acceptors (Lipinski definition) is 2. The molecular weight excluding hydrogens is 241 g/mol. The molecule has 0 bridgehead atoms. The highest BCUT2D eigenvalue weighted by molar-refractivity contribution is 5.52. The van der Waals surface area contributed by atoms with E-state index in [1.807, 2.05) is 12.1 Å². The van der Waals surface area contributed by atoms with E-state index in [0.717, 1.165) is 5.56 Å². The van der Waals surface area contributed by atoms with E-state index < -0.39 is 0 Å². The summed E-state index contributed by atoms with van der Waals surface area (Å²) in [6.45, 7) is 1.15. The predicted molar refractivity (Wildman–Crippen MR) is 76.6 cm³/mol. The van der Waals surface area contributed by atoms with E-state index in [4.69, 9.17) is 10.5 Å². The van der Waals surface area contributed by atoms with E-state index >= 15 is 0 Å². The topological polar surface area (TPSA) is 35.2 Å². The standard InChI is InChI=1S/C16H22FNO/c17-15-9-14(7-4-8-18)10-16(11-15)19-12-13-5-2-1-3-6-13/h4,7,9-11,13H,1-3,5-6,8,12,18H2/b7-4+. The van der Waals surface area contributed by atoms with Gasteiger partial charge in [0.1, 0.15) is 11.6 Å². The number of benzene rings is 1. The molecule has 1 aliphatic carbocycles. The molecule has 1 aromatic rings. The van der Waals surface area contributed by atoms with E-state index in [0.29, 0.717) is 24.8 Å². The molecule has 104 valence electrons. The fourth-order valence-electron chi connectivity index (χ4n) is 2.54. The monoisotopic (exact) mass is 263 g/mol. The van der Waals surface area contributed by atoms with Crippen molar-refractivity contribution in [2.75, 3.05) is 13.2 Å². The molecule has 0 heterocycles. The summed E-state index contributed by atoms with van der Waals surface area (Å²) in [4.78, 5) is 0. The van der Waals surface area contributed by atoms with Gasteiger partial charge in [-0.2, -0.15) is 0 Å². The second-order valence-electron chi connectivity index (χ2n) is 5.17. The lowest BCUT2D eigenvalue weighted by Gasteiger charge is -2.21. The molecule has 0 unspecified atom stereocenters. The normalized spacial score (nSPS) is 16.9. The van der Waals surface area contributed by atoms with Crippen LogP contribution in [-0.2, 0) is 0 Å². The Bertz CT molecular complexity index is 425. The largest absolute Gasteiger partial charge is 0.493 e. The maximum absolute atomic E-state index is 13.5. The zero-order valence-corrected chi connectivity index (χ0v) is 11.3. The van der Waals surface area contributed by atoms with E-state index in [1.54, 1.807) is 6.08 Å². The highest BCUT2D eigenvalue weighted by atomic mass is 19.1. The summed E-state index contributed by atoms with van der Waals surface area (Å²) in [5, 5.41) is 0. The quantitative estimate of drug-likeness (QED) is 0.878. The van der Waals surface area contributed by atoms with Crippen molar-refractivity contribution in [2.45, 2.75) is 32.1 Å². The number of hydrogen-bond donors (Lipinski definition) is 1. The van der Waals surface area contributed by atoms with Crippen LogP contribution in [0.2, 0.25) is 0 Å². The Labute approximate surface area is 114 Å². The van der Waals surface area contributed by atoms with Gasteiger partial charge in [-0.15, -0.1) is 0 Å². The van der Waals surface area contributed by atoms with Crippen LogP contribution in [0.15, 0.2) is 24.3 Å². The van der Waals surface area contributed by atoms with Gasteiger partial charge in [0.2, 0.25) is 0 Å². The van der Waals surface area contributed by atoms with Crippen molar-refractivity contribution in [1.82, 2.24) is 0 Å². The molecule has 3 heteroatoms. The SMILES string of the molecule is NC/C=C/c1cc(F)cc(OCC2CCCCC2)c1. The molecule has 0 aromatic heterocycles. The summed E-state index contributed by atoms with van der Waals surface area (Å²) in [5.41, 5.74) is 6.19. The van der Waals surface area contributed by atoms with Gasteiger partial charge in [0.25, 0.3) is 0 Å². The van der Waals surface area contributed by atoms with Crippen molar-refractivity contribution in [3.8, 4) is 5.75 Å². The first-order valence-electron chi connectivity index (χ1n) is 7.08. The van der Waals surface area contributed by atoms with Crippen LogP contribution in [0, 0.1) is 11.7 Å². The van der Waals surface area contributed by atoms with Crippen LogP contribution in [-0.4, -0.2) is 13.2 Å². The van der Waals surface area contributed by atoms with Crippen molar-refractivity contribution >= 4 is 6.08 Å². The molecule has 0 amide bonds. The first-order chi connectivity index (χ1) is 9.28. The van der Waals surface area contributed by atoms with Crippen molar-refractivity contribution in [3.05, 3.63) is 35.7 Å². The van der Waals surface area contributed by atoms with Gasteiger partial charge < -0.3 is 10.5 Å². The Balaban J connectivity index is 1.95. The molecule has 0 atom stereocenters. The Morgan fingerprint density at radius 1 is 1.21 bits per heavy atom. The summed E-state index contributed by atoms with van der Waals surface area (Å²) in [5.74, 6) is 0.972. The Morgan fingerprint density at radius 3 is 2.74 bits per heavy atom. The molecule has 0 aliphatic heterocycles. The average molecular weight is 263 g/mol. The Kier molecular flexibility index (Phi) is 5.40. The molecule has 19 heavy (non-hydrogen) atoms. The van der Waals surface area contributed by atoms with Crippen molar-refractivity contribution in [2.24, 2.45) is 11.7 Å². The molecule has 0 spiro atoms. The van der Waals surface area contributed by atoms with Crippen molar-refractivity contribution in [3.63, 3.8) is 0 Å². The number of halogens is 1. The number of nitrogens with two attached hydrogens (primary N) is 1. The zero-order valence-electron chi connectivity index (χ0n) is 11.3. The first kappa shape index (κ1) is 14.1. The van der Waals surface area contributed by atoms with Crippen LogP contribution in [0.3, 0.4) is 0 Å². The molecule has 0 radical (unpaired) electrons. The fraction of sp³-hybridized carbons (Fsp3) is 0.500. The van der Waals surface area contributed by atoms with E-state index in [-0.39, 0.29) is 5.82 Å². The molecule has 1 aromatic carbocycles. The Morgan fingerprint density at radius 2 is 2.00 bits per heavy atom. The first-order valence-corrected chi connectivity index (χ1v) is 7.08. The third-order valence-corrected chi connectivity index (χ3v) is 3.55. The summed E-state index contributed by atoms with van der Waals surface area (Å²) >= 11 is 0. The second kappa shape index (κ2) is 7.29. The number of ether oxygens (including phenoxy) is 1. The summed E-state index contributed by atoms with van der Waals surface area (Å²) < 4.78 is 19.2. The highest BCUT2D eigenvalue weighted by Crippen LogP contribution is 2.25. The molecule has 2 N–H and O–H groups in total. The molecular formula is C16H22FNO. The van der Waals surface area contributed by atoms with Crippen LogP contribution < -0.4 is 10.5 Å². The molecule has 2 nitrogen and oxygen atoms in total. The molecule has 1 fully saturated rings. The number of rotatable bonds is 5. The van der Waals surface area contributed by atoms with E-state index in [9.17, 15) is 4.39 Å². The second-order valence-corrected chi connectivity index (χ2v) is 5.17. The molecule has 1 saturated carbocycles. The molecule has 2 rings (SSSR count). The smallest absolute Gasteiger partial charge is 0.127 e. The van der Waals surface area contributed by atoms with Crippen LogP contribution >= 0.6 is 0 Å². The van der Waals surface area contributed by atoms with Crippen molar-refractivity contribution < 1.29 is 9.13 Å². The lowest BCUT2D eigenvalue weighted by molar-refractivity contribution is 0.208. The predicted octanol–water partition coefficient (Wildman–Crippen LogP) is 3.76. The van der Waals surface area contributed by atoms with Gasteiger partial charge in [0.15, 0.2) is 0 Å². The highest BCUT2D eigenvalue weighted by Gasteiger charge is 2.14. The average Bonchev–Trinajstić information content (AvgIpc) is 2.43. The van der Waals surface area contributed by atoms with Gasteiger partial charge in [-0.05, 0) is 36.5 Å². The van der Waals surface area contributed by atoms with Crippen LogP contribution in [0.4, 0.5) is 4.39 Å². The minimum Gasteiger partial charge on any atom is -0.493 e. The van der Waals surface area contributed by atoms with Gasteiger partial charge in [-0.1, -0.05) is 31.4 Å². The fourth-order valence-corrected chi connectivity index (χ4v) is 2.54. The van der Waals surface area contributed by atoms with Gasteiger partial charge in [-0.25, -0.2) is 4.39 Å². The molecule has 1 aliphatic rings. The van der Waals surface area contributed by atoms with Gasteiger partial charge in [0.05, 0.1) is 6.61 Å². The van der Waals surface area contributed by atoms with Crippen LogP contribution in [0.1, 0.15) is 37.7 Å². The van der Waals surface area contributed by atoms with E-state index in [2.05, 4.69) is 0 Å². The lowest BCUT2D eigenvalue weighted by Crippen LogP contribution is -2.15. The third-order valence-electron chi connectivity index (χ3n) is 3.55. The van der Waals surface area contributed by atoms with Gasteiger partial charge >= 0.3 is 0 Å². The summed E-state index contributed by atoms with van der Waals surface area (Å²) in [7, 11) is 0. The lowest BCUT2D eigenvalue weighted by atomic mass is 9.90. The van der Waals surface area contributed by atoms with Crippen molar-refractivity contribution in [1.29, 1.82) is 0 Å². The minimum absolute atomic E-state index is 0.266. The summed E-state index contributed by atoms with van der Waals surface area (Å²) in [6.07, 6.45) is 10.0. The maximum atomic E-state index is 13.5. The van der Waals surface area contributed by atoms with E-state index in [1.165, 1.54) is 44.2 Å². The third kappa shape index (κ3) is 4.67. The minimum atomic E-state index is -0.266. The van der Waals surface area contributed by atoms with Gasteiger partial charge in [-0.3, -0.25) is 0 Å².